The van der Waals surface area contributed by atoms with Gasteiger partial charge in [-0.25, -0.2) is 0 Å². The number of nitrogens with one attached hydrogen (secondary N) is 1. The highest BCUT2D eigenvalue weighted by molar-refractivity contribution is 5.78. The highest BCUT2D eigenvalue weighted by Crippen LogP contribution is 2.35. The van der Waals surface area contributed by atoms with Gasteiger partial charge in [0.1, 0.15) is 6.61 Å². The van der Waals surface area contributed by atoms with Crippen molar-refractivity contribution in [3.8, 4) is 0 Å². The van der Waals surface area contributed by atoms with Gasteiger partial charge >= 0.3 is 5.97 Å². The SMILES string of the molecule is CC1CCC(C(C)C)C(OCC(=O)N[C@@H]2CC[C@H](C(=O)O)C2)C1. The first-order chi connectivity index (χ1) is 10.9. The smallest absolute Gasteiger partial charge is 0.306 e. The van der Waals surface area contributed by atoms with Crippen LogP contribution >= 0.6 is 0 Å². The fourth-order valence-electron chi connectivity index (χ4n) is 4.10. The Morgan fingerprint density at radius 3 is 2.52 bits per heavy atom. The number of carboxylic acids is 1. The molecule has 0 aliphatic heterocycles. The number of carbonyl (C=O) groups is 2. The number of carboxylic acid groups (broad SMARTS) is 1. The van der Waals surface area contributed by atoms with Gasteiger partial charge in [0, 0.05) is 6.04 Å². The minimum Gasteiger partial charge on any atom is -0.481 e. The lowest BCUT2D eigenvalue weighted by Crippen LogP contribution is -2.40. The molecule has 3 unspecified atom stereocenters. The maximum atomic E-state index is 12.1. The van der Waals surface area contributed by atoms with Gasteiger partial charge in [-0.1, -0.05) is 27.2 Å². The van der Waals surface area contributed by atoms with Crippen LogP contribution < -0.4 is 5.32 Å². The Kier molecular flexibility index (Phi) is 6.45. The molecular formula is C18H31NO4. The van der Waals surface area contributed by atoms with E-state index in [1.54, 1.807) is 0 Å². The number of carbonyl (C=O) groups excluding carboxylic acids is 1. The minimum atomic E-state index is -0.756. The topological polar surface area (TPSA) is 75.6 Å². The van der Waals surface area contributed by atoms with E-state index in [9.17, 15) is 9.59 Å². The van der Waals surface area contributed by atoms with Crippen LogP contribution in [0.2, 0.25) is 0 Å². The lowest BCUT2D eigenvalue weighted by molar-refractivity contribution is -0.141. The van der Waals surface area contributed by atoms with Crippen LogP contribution in [0.25, 0.3) is 0 Å². The minimum absolute atomic E-state index is 0.0154. The molecule has 0 spiro atoms. The quantitative estimate of drug-likeness (QED) is 0.787. The number of rotatable bonds is 6. The first kappa shape index (κ1) is 18.2. The van der Waals surface area contributed by atoms with Crippen LogP contribution in [0.15, 0.2) is 0 Å². The average molecular weight is 325 g/mol. The molecule has 2 aliphatic carbocycles. The number of aliphatic carboxylic acids is 1. The molecule has 2 saturated carbocycles. The number of amides is 1. The standard InChI is InChI=1S/C18H31NO4/c1-11(2)15-7-4-12(3)8-16(15)23-10-17(20)19-14-6-5-13(9-14)18(21)22/h11-16H,4-10H2,1-3H3,(H,19,20)(H,21,22)/t12?,13-,14+,15?,16?/m0/s1. The Morgan fingerprint density at radius 2 is 1.91 bits per heavy atom. The van der Waals surface area contributed by atoms with E-state index in [4.69, 9.17) is 9.84 Å². The molecule has 2 fully saturated rings. The molecule has 1 amide bonds. The van der Waals surface area contributed by atoms with Crippen LogP contribution in [0.4, 0.5) is 0 Å². The third-order valence-corrected chi connectivity index (χ3v) is 5.54. The predicted octanol–water partition coefficient (Wildman–Crippen LogP) is 2.83. The maximum absolute atomic E-state index is 12.1. The Morgan fingerprint density at radius 1 is 1.17 bits per heavy atom. The second-order valence-electron chi connectivity index (χ2n) is 7.79. The second-order valence-corrected chi connectivity index (χ2v) is 7.79. The lowest BCUT2D eigenvalue weighted by Gasteiger charge is -2.37. The van der Waals surface area contributed by atoms with Crippen LogP contribution in [-0.4, -0.2) is 35.7 Å². The zero-order chi connectivity index (χ0) is 17.0. The Bertz CT molecular complexity index is 423. The fourth-order valence-corrected chi connectivity index (χ4v) is 4.10. The van der Waals surface area contributed by atoms with Gasteiger partial charge in [0.15, 0.2) is 0 Å². The van der Waals surface area contributed by atoms with E-state index in [1.807, 2.05) is 0 Å². The third kappa shape index (κ3) is 5.20. The van der Waals surface area contributed by atoms with Crippen molar-refractivity contribution in [2.24, 2.45) is 23.7 Å². The molecule has 2 aliphatic rings. The number of hydrogen-bond donors (Lipinski definition) is 2. The molecule has 0 radical (unpaired) electrons. The van der Waals surface area contributed by atoms with Crippen molar-refractivity contribution in [2.75, 3.05) is 6.61 Å². The predicted molar refractivity (Wildman–Crippen MR) is 88.0 cm³/mol. The molecule has 0 heterocycles. The Balaban J connectivity index is 1.76. The van der Waals surface area contributed by atoms with E-state index in [2.05, 4.69) is 26.1 Å². The molecular weight excluding hydrogens is 294 g/mol. The van der Waals surface area contributed by atoms with E-state index in [-0.39, 0.29) is 30.6 Å². The molecule has 0 bridgehead atoms. The van der Waals surface area contributed by atoms with Crippen molar-refractivity contribution in [3.63, 3.8) is 0 Å². The summed E-state index contributed by atoms with van der Waals surface area (Å²) in [7, 11) is 0. The monoisotopic (exact) mass is 325 g/mol. The average Bonchev–Trinajstić information content (AvgIpc) is 2.93. The lowest BCUT2D eigenvalue weighted by atomic mass is 9.75. The Labute approximate surface area is 139 Å². The van der Waals surface area contributed by atoms with Crippen LogP contribution in [-0.2, 0) is 14.3 Å². The number of ether oxygens (including phenoxy) is 1. The Hall–Kier alpha value is -1.10. The summed E-state index contributed by atoms with van der Waals surface area (Å²) in [6.07, 6.45) is 5.55. The van der Waals surface area contributed by atoms with Gasteiger partial charge < -0.3 is 15.2 Å². The fraction of sp³-hybridized carbons (Fsp3) is 0.889. The second kappa shape index (κ2) is 8.13. The van der Waals surface area contributed by atoms with Crippen LogP contribution in [0.3, 0.4) is 0 Å². The van der Waals surface area contributed by atoms with Crippen LogP contribution in [0.5, 0.6) is 0 Å². The zero-order valence-electron chi connectivity index (χ0n) is 14.6. The van der Waals surface area contributed by atoms with Gasteiger partial charge in [-0.2, -0.15) is 0 Å². The summed E-state index contributed by atoms with van der Waals surface area (Å²) in [6, 6.07) is -0.0154. The van der Waals surface area contributed by atoms with Gasteiger partial charge in [-0.3, -0.25) is 9.59 Å². The van der Waals surface area contributed by atoms with Gasteiger partial charge in [0.05, 0.1) is 12.0 Å². The van der Waals surface area contributed by atoms with E-state index in [1.165, 1.54) is 12.8 Å². The maximum Gasteiger partial charge on any atom is 0.306 e. The van der Waals surface area contributed by atoms with Gasteiger partial charge in [-0.15, -0.1) is 0 Å². The van der Waals surface area contributed by atoms with E-state index < -0.39 is 5.97 Å². The third-order valence-electron chi connectivity index (χ3n) is 5.54. The summed E-state index contributed by atoms with van der Waals surface area (Å²) in [5.41, 5.74) is 0. The molecule has 5 heteroatoms. The van der Waals surface area contributed by atoms with Crippen molar-refractivity contribution >= 4 is 11.9 Å². The van der Waals surface area contributed by atoms with Crippen molar-refractivity contribution in [1.29, 1.82) is 0 Å². The van der Waals surface area contributed by atoms with Crippen LogP contribution in [0, 0.1) is 23.7 Å². The van der Waals surface area contributed by atoms with Crippen molar-refractivity contribution < 1.29 is 19.4 Å². The largest absolute Gasteiger partial charge is 0.481 e. The molecule has 5 atom stereocenters. The van der Waals surface area contributed by atoms with Crippen molar-refractivity contribution in [1.82, 2.24) is 5.32 Å². The van der Waals surface area contributed by atoms with E-state index in [0.717, 1.165) is 12.8 Å². The highest BCUT2D eigenvalue weighted by atomic mass is 16.5. The molecule has 0 saturated heterocycles. The first-order valence-corrected chi connectivity index (χ1v) is 9.00. The highest BCUT2D eigenvalue weighted by Gasteiger charge is 2.33. The molecule has 0 aromatic rings. The molecule has 0 aromatic heterocycles. The normalized spacial score (nSPS) is 34.5. The van der Waals surface area contributed by atoms with E-state index >= 15 is 0 Å². The summed E-state index contributed by atoms with van der Waals surface area (Å²) >= 11 is 0. The molecule has 132 valence electrons. The summed E-state index contributed by atoms with van der Waals surface area (Å²) < 4.78 is 5.95. The first-order valence-electron chi connectivity index (χ1n) is 9.00. The van der Waals surface area contributed by atoms with Gasteiger partial charge in [0.25, 0.3) is 0 Å². The van der Waals surface area contributed by atoms with Gasteiger partial charge in [-0.05, 0) is 49.9 Å². The summed E-state index contributed by atoms with van der Waals surface area (Å²) in [4.78, 5) is 23.1. The van der Waals surface area contributed by atoms with E-state index in [0.29, 0.717) is 30.6 Å². The summed E-state index contributed by atoms with van der Waals surface area (Å²) in [5.74, 6) is 0.578. The van der Waals surface area contributed by atoms with Crippen LogP contribution in [0.1, 0.15) is 59.3 Å². The van der Waals surface area contributed by atoms with Crippen molar-refractivity contribution in [3.05, 3.63) is 0 Å². The van der Waals surface area contributed by atoms with Gasteiger partial charge in [0.2, 0.25) is 5.91 Å². The molecule has 2 rings (SSSR count). The molecule has 2 N–H and O–H groups in total. The zero-order valence-corrected chi connectivity index (χ0v) is 14.6. The molecule has 5 nitrogen and oxygen atoms in total. The van der Waals surface area contributed by atoms with Crippen molar-refractivity contribution in [2.45, 2.75) is 71.4 Å². The number of hydrogen-bond acceptors (Lipinski definition) is 3. The summed E-state index contributed by atoms with van der Waals surface area (Å²) in [6.45, 7) is 6.79. The summed E-state index contributed by atoms with van der Waals surface area (Å²) in [5, 5.41) is 11.9. The molecule has 23 heavy (non-hydrogen) atoms. The molecule has 0 aromatic carbocycles.